The monoisotopic (exact) mass is 401 g/mol. The first-order valence-electron chi connectivity index (χ1n) is 10.8. The van der Waals surface area contributed by atoms with Crippen molar-refractivity contribution < 1.29 is 14.3 Å². The third-order valence-electron chi connectivity index (χ3n) is 6.40. The number of ether oxygens (including phenoxy) is 1. The van der Waals surface area contributed by atoms with Gasteiger partial charge in [-0.25, -0.2) is 9.97 Å². The Morgan fingerprint density at radius 3 is 2.45 bits per heavy atom. The van der Waals surface area contributed by atoms with Crippen molar-refractivity contribution in [2.24, 2.45) is 0 Å². The van der Waals surface area contributed by atoms with Crippen LogP contribution in [-0.2, 0) is 14.3 Å². The smallest absolute Gasteiger partial charge is 0.242 e. The van der Waals surface area contributed by atoms with E-state index in [1.54, 1.807) is 4.90 Å². The number of aromatic nitrogens is 2. The Morgan fingerprint density at radius 2 is 1.79 bits per heavy atom. The van der Waals surface area contributed by atoms with Gasteiger partial charge in [-0.15, -0.1) is 0 Å². The molecule has 0 aliphatic carbocycles. The zero-order valence-corrected chi connectivity index (χ0v) is 17.5. The van der Waals surface area contributed by atoms with E-state index in [2.05, 4.69) is 18.7 Å². The molecule has 0 N–H and O–H groups in total. The van der Waals surface area contributed by atoms with E-state index in [0.717, 1.165) is 68.5 Å². The Morgan fingerprint density at radius 1 is 1.07 bits per heavy atom. The number of amides is 2. The van der Waals surface area contributed by atoms with E-state index >= 15 is 0 Å². The summed E-state index contributed by atoms with van der Waals surface area (Å²) < 4.78 is 5.48. The fourth-order valence-corrected chi connectivity index (χ4v) is 4.42. The minimum atomic E-state index is 0.0636. The maximum atomic E-state index is 12.6. The summed E-state index contributed by atoms with van der Waals surface area (Å²) in [6.07, 6.45) is 3.17. The van der Waals surface area contributed by atoms with Crippen LogP contribution in [0, 0.1) is 13.8 Å². The summed E-state index contributed by atoms with van der Waals surface area (Å²) >= 11 is 0. The molecule has 3 aliphatic heterocycles. The van der Waals surface area contributed by atoms with Crippen LogP contribution in [0.15, 0.2) is 0 Å². The highest BCUT2D eigenvalue weighted by atomic mass is 16.5. The van der Waals surface area contributed by atoms with Gasteiger partial charge in [0.05, 0.1) is 19.8 Å². The summed E-state index contributed by atoms with van der Waals surface area (Å²) in [4.78, 5) is 40.0. The van der Waals surface area contributed by atoms with E-state index in [1.807, 2.05) is 4.90 Å². The van der Waals surface area contributed by atoms with E-state index in [-0.39, 0.29) is 24.3 Å². The van der Waals surface area contributed by atoms with Crippen molar-refractivity contribution in [1.29, 1.82) is 0 Å². The van der Waals surface area contributed by atoms with Crippen LogP contribution in [0.3, 0.4) is 0 Å². The van der Waals surface area contributed by atoms with Gasteiger partial charge >= 0.3 is 0 Å². The molecule has 1 aromatic rings. The second kappa shape index (κ2) is 8.65. The van der Waals surface area contributed by atoms with Crippen molar-refractivity contribution in [3.63, 3.8) is 0 Å². The average molecular weight is 402 g/mol. The Bertz CT molecular complexity index is 770. The van der Waals surface area contributed by atoms with Gasteiger partial charge in [0.25, 0.3) is 0 Å². The molecule has 0 atom stereocenters. The Kier molecular flexibility index (Phi) is 5.99. The SMILES string of the molecule is Cc1nc(C2CCN(C(=O)CN3CCCC3=O)CC2)nc(N2CCOCC2)c1C. The van der Waals surface area contributed by atoms with Crippen molar-refractivity contribution in [2.75, 3.05) is 57.4 Å². The molecule has 0 spiro atoms. The molecule has 0 aromatic carbocycles. The van der Waals surface area contributed by atoms with E-state index in [9.17, 15) is 9.59 Å². The van der Waals surface area contributed by atoms with Crippen molar-refractivity contribution >= 4 is 17.6 Å². The number of hydrogen-bond acceptors (Lipinski definition) is 6. The number of anilines is 1. The summed E-state index contributed by atoms with van der Waals surface area (Å²) in [7, 11) is 0. The number of hydrogen-bond donors (Lipinski definition) is 0. The zero-order chi connectivity index (χ0) is 20.4. The van der Waals surface area contributed by atoms with Gasteiger partial charge in [0.1, 0.15) is 11.6 Å². The Hall–Kier alpha value is -2.22. The maximum absolute atomic E-state index is 12.6. The van der Waals surface area contributed by atoms with Crippen LogP contribution in [0.5, 0.6) is 0 Å². The Balaban J connectivity index is 1.39. The molecule has 4 rings (SSSR count). The lowest BCUT2D eigenvalue weighted by Gasteiger charge is -2.34. The van der Waals surface area contributed by atoms with Gasteiger partial charge in [-0.1, -0.05) is 0 Å². The first kappa shape index (κ1) is 20.1. The fraction of sp³-hybridized carbons (Fsp3) is 0.714. The molecule has 3 saturated heterocycles. The third-order valence-corrected chi connectivity index (χ3v) is 6.40. The minimum absolute atomic E-state index is 0.0636. The number of likely N-dealkylation sites (tertiary alicyclic amines) is 2. The number of rotatable bonds is 4. The highest BCUT2D eigenvalue weighted by Crippen LogP contribution is 2.29. The van der Waals surface area contributed by atoms with E-state index < -0.39 is 0 Å². The number of piperidine rings is 1. The molecule has 0 bridgehead atoms. The van der Waals surface area contributed by atoms with Gasteiger partial charge in [0, 0.05) is 56.3 Å². The fourth-order valence-electron chi connectivity index (χ4n) is 4.42. The summed E-state index contributed by atoms with van der Waals surface area (Å²) in [6, 6.07) is 0. The van der Waals surface area contributed by atoms with Crippen LogP contribution in [0.25, 0.3) is 0 Å². The van der Waals surface area contributed by atoms with Crippen LogP contribution in [0.4, 0.5) is 5.82 Å². The van der Waals surface area contributed by atoms with Gasteiger partial charge in [0.2, 0.25) is 11.8 Å². The first-order valence-corrected chi connectivity index (χ1v) is 10.8. The number of carbonyl (C=O) groups excluding carboxylic acids is 2. The molecular formula is C21H31N5O3. The van der Waals surface area contributed by atoms with E-state index in [0.29, 0.717) is 26.1 Å². The van der Waals surface area contributed by atoms with Crippen LogP contribution in [0.1, 0.15) is 48.7 Å². The van der Waals surface area contributed by atoms with Crippen LogP contribution in [0.2, 0.25) is 0 Å². The van der Waals surface area contributed by atoms with Gasteiger partial charge in [-0.05, 0) is 33.1 Å². The molecule has 29 heavy (non-hydrogen) atoms. The van der Waals surface area contributed by atoms with Crippen molar-refractivity contribution in [3.05, 3.63) is 17.1 Å². The topological polar surface area (TPSA) is 78.9 Å². The van der Waals surface area contributed by atoms with Gasteiger partial charge in [0.15, 0.2) is 0 Å². The molecule has 8 nitrogen and oxygen atoms in total. The highest BCUT2D eigenvalue weighted by Gasteiger charge is 2.30. The van der Waals surface area contributed by atoms with Crippen molar-refractivity contribution in [3.8, 4) is 0 Å². The lowest BCUT2D eigenvalue weighted by molar-refractivity contribution is -0.139. The molecule has 2 amide bonds. The number of morpholine rings is 1. The predicted octanol–water partition coefficient (Wildman–Crippen LogP) is 1.26. The lowest BCUT2D eigenvalue weighted by Crippen LogP contribution is -2.44. The van der Waals surface area contributed by atoms with E-state index in [4.69, 9.17) is 14.7 Å². The van der Waals surface area contributed by atoms with Gasteiger partial charge < -0.3 is 19.4 Å². The predicted molar refractivity (Wildman–Crippen MR) is 109 cm³/mol. The normalized spacial score (nSPS) is 21.2. The summed E-state index contributed by atoms with van der Waals surface area (Å²) in [5, 5.41) is 0. The first-order chi connectivity index (χ1) is 14.0. The molecule has 3 aliphatic rings. The second-order valence-corrected chi connectivity index (χ2v) is 8.29. The summed E-state index contributed by atoms with van der Waals surface area (Å²) in [5.74, 6) is 2.37. The third kappa shape index (κ3) is 4.37. The molecule has 0 unspecified atom stereocenters. The van der Waals surface area contributed by atoms with Crippen molar-refractivity contribution in [2.45, 2.75) is 45.4 Å². The second-order valence-electron chi connectivity index (χ2n) is 8.29. The summed E-state index contributed by atoms with van der Waals surface area (Å²) in [5.41, 5.74) is 2.17. The molecule has 158 valence electrons. The Labute approximate surface area is 172 Å². The standard InChI is InChI=1S/C21H31N5O3/c1-15-16(2)22-20(23-21(15)25-10-12-29-13-11-25)17-5-8-24(9-6-17)19(28)14-26-7-3-4-18(26)27/h17H,3-14H2,1-2H3. The molecule has 3 fully saturated rings. The zero-order valence-electron chi connectivity index (χ0n) is 17.5. The highest BCUT2D eigenvalue weighted by molar-refractivity contribution is 5.85. The number of carbonyl (C=O) groups is 2. The van der Waals surface area contributed by atoms with Crippen LogP contribution >= 0.6 is 0 Å². The summed E-state index contributed by atoms with van der Waals surface area (Å²) in [6.45, 7) is 9.67. The van der Waals surface area contributed by atoms with Crippen LogP contribution < -0.4 is 4.90 Å². The largest absolute Gasteiger partial charge is 0.378 e. The van der Waals surface area contributed by atoms with Gasteiger partial charge in [-0.3, -0.25) is 9.59 Å². The van der Waals surface area contributed by atoms with E-state index in [1.165, 1.54) is 0 Å². The molecule has 0 radical (unpaired) electrons. The molecule has 1 aromatic heterocycles. The van der Waals surface area contributed by atoms with Gasteiger partial charge in [-0.2, -0.15) is 0 Å². The molecule has 0 saturated carbocycles. The lowest BCUT2D eigenvalue weighted by atomic mass is 9.95. The minimum Gasteiger partial charge on any atom is -0.378 e. The maximum Gasteiger partial charge on any atom is 0.242 e. The quantitative estimate of drug-likeness (QED) is 0.756. The molecule has 8 heteroatoms. The number of aryl methyl sites for hydroxylation is 1. The molecular weight excluding hydrogens is 370 g/mol. The van der Waals surface area contributed by atoms with Crippen molar-refractivity contribution in [1.82, 2.24) is 19.8 Å². The molecule has 4 heterocycles. The number of nitrogens with zero attached hydrogens (tertiary/aromatic N) is 5. The average Bonchev–Trinajstić information content (AvgIpc) is 3.15. The van der Waals surface area contributed by atoms with Crippen LogP contribution in [-0.4, -0.2) is 84.1 Å².